The molecule has 1 aromatic carbocycles. The van der Waals surface area contributed by atoms with Crippen LogP contribution in [0, 0.1) is 12.7 Å². The average Bonchev–Trinajstić information content (AvgIpc) is 2.94. The molecule has 0 spiro atoms. The monoisotopic (exact) mass is 306 g/mol. The predicted octanol–water partition coefficient (Wildman–Crippen LogP) is 1.36. The number of benzene rings is 1. The van der Waals surface area contributed by atoms with Gasteiger partial charge in [-0.3, -0.25) is 10.00 Å². The Morgan fingerprint density at radius 2 is 2.32 bits per heavy atom. The highest BCUT2D eigenvalue weighted by molar-refractivity contribution is 5.20. The predicted molar refractivity (Wildman–Crippen MR) is 77.6 cm³/mol. The fourth-order valence-electron chi connectivity index (χ4n) is 2.62. The Morgan fingerprint density at radius 1 is 1.50 bits per heavy atom. The maximum atomic E-state index is 13.7. The summed E-state index contributed by atoms with van der Waals surface area (Å²) in [5.41, 5.74) is 0.319. The van der Waals surface area contributed by atoms with Crippen LogP contribution in [0.5, 0.6) is 0 Å². The van der Waals surface area contributed by atoms with Gasteiger partial charge in [-0.15, -0.1) is 0 Å². The zero-order valence-corrected chi connectivity index (χ0v) is 12.4. The fourth-order valence-corrected chi connectivity index (χ4v) is 2.62. The van der Waals surface area contributed by atoms with Crippen LogP contribution >= 0.6 is 0 Å². The van der Waals surface area contributed by atoms with Gasteiger partial charge in [0.2, 0.25) is 0 Å². The molecular weight excluding hydrogens is 287 g/mol. The van der Waals surface area contributed by atoms with Crippen LogP contribution < -0.4 is 0 Å². The standard InChI is InChI=1S/C15H19FN4O2/c1-10-17-15(19-18-10)14-9-20(6-7-22-14)8-13(21)11-4-2-3-5-12(11)16/h2-5,13-14,21H,6-9H2,1H3,(H,17,18,19). The Kier molecular flexibility index (Phi) is 4.47. The third-order valence-electron chi connectivity index (χ3n) is 3.75. The first kappa shape index (κ1) is 15.1. The molecule has 2 atom stereocenters. The van der Waals surface area contributed by atoms with E-state index in [-0.39, 0.29) is 11.9 Å². The number of aromatic nitrogens is 3. The number of morpholine rings is 1. The largest absolute Gasteiger partial charge is 0.387 e. The second-order valence-electron chi connectivity index (χ2n) is 5.44. The molecule has 1 fully saturated rings. The summed E-state index contributed by atoms with van der Waals surface area (Å²) in [7, 11) is 0. The number of β-amino-alcohol motifs (C(OH)–C–C–N with tert-alkyl or cyclic N) is 1. The van der Waals surface area contributed by atoms with Crippen molar-refractivity contribution in [1.82, 2.24) is 20.1 Å². The number of aliphatic hydroxyl groups excluding tert-OH is 1. The highest BCUT2D eigenvalue weighted by Gasteiger charge is 2.27. The minimum absolute atomic E-state index is 0.230. The lowest BCUT2D eigenvalue weighted by molar-refractivity contribution is -0.0463. The summed E-state index contributed by atoms with van der Waals surface area (Å²) in [5.74, 6) is 0.967. The molecule has 3 rings (SSSR count). The van der Waals surface area contributed by atoms with E-state index in [0.29, 0.717) is 37.6 Å². The highest BCUT2D eigenvalue weighted by Crippen LogP contribution is 2.23. The van der Waals surface area contributed by atoms with Crippen molar-refractivity contribution in [2.45, 2.75) is 19.1 Å². The van der Waals surface area contributed by atoms with Crippen LogP contribution in [0.15, 0.2) is 24.3 Å². The van der Waals surface area contributed by atoms with Gasteiger partial charge in [-0.05, 0) is 13.0 Å². The van der Waals surface area contributed by atoms with Crippen molar-refractivity contribution in [3.8, 4) is 0 Å². The van der Waals surface area contributed by atoms with Gasteiger partial charge in [-0.2, -0.15) is 5.10 Å². The van der Waals surface area contributed by atoms with Crippen LogP contribution in [0.3, 0.4) is 0 Å². The summed E-state index contributed by atoms with van der Waals surface area (Å²) in [5, 5.41) is 17.2. The van der Waals surface area contributed by atoms with Crippen molar-refractivity contribution in [1.29, 1.82) is 0 Å². The van der Waals surface area contributed by atoms with Crippen molar-refractivity contribution in [2.24, 2.45) is 0 Å². The van der Waals surface area contributed by atoms with Gasteiger partial charge in [-0.25, -0.2) is 9.37 Å². The van der Waals surface area contributed by atoms with Gasteiger partial charge < -0.3 is 9.84 Å². The molecule has 2 heterocycles. The number of halogens is 1. The van der Waals surface area contributed by atoms with Crippen LogP contribution in [-0.4, -0.2) is 51.4 Å². The van der Waals surface area contributed by atoms with E-state index in [0.717, 1.165) is 5.82 Å². The minimum atomic E-state index is -0.867. The Balaban J connectivity index is 1.64. The summed E-state index contributed by atoms with van der Waals surface area (Å²) < 4.78 is 19.4. The maximum absolute atomic E-state index is 13.7. The molecule has 1 aliphatic rings. The molecule has 0 aliphatic carbocycles. The first-order chi connectivity index (χ1) is 10.6. The highest BCUT2D eigenvalue weighted by atomic mass is 19.1. The van der Waals surface area contributed by atoms with Crippen molar-refractivity contribution in [3.05, 3.63) is 47.3 Å². The molecule has 2 aromatic rings. The molecule has 118 valence electrons. The van der Waals surface area contributed by atoms with Gasteiger partial charge in [0, 0.05) is 25.2 Å². The van der Waals surface area contributed by atoms with Crippen LogP contribution in [0.2, 0.25) is 0 Å². The van der Waals surface area contributed by atoms with E-state index in [4.69, 9.17) is 4.74 Å². The topological polar surface area (TPSA) is 74.3 Å². The molecule has 1 saturated heterocycles. The quantitative estimate of drug-likeness (QED) is 0.892. The van der Waals surface area contributed by atoms with Gasteiger partial charge in [-0.1, -0.05) is 18.2 Å². The van der Waals surface area contributed by atoms with E-state index in [2.05, 4.69) is 15.2 Å². The number of aliphatic hydroxyl groups is 1. The van der Waals surface area contributed by atoms with Gasteiger partial charge in [0.25, 0.3) is 0 Å². The van der Waals surface area contributed by atoms with Crippen molar-refractivity contribution in [3.63, 3.8) is 0 Å². The number of rotatable bonds is 4. The van der Waals surface area contributed by atoms with Crippen molar-refractivity contribution >= 4 is 0 Å². The van der Waals surface area contributed by atoms with E-state index in [1.807, 2.05) is 11.8 Å². The molecule has 2 unspecified atom stereocenters. The van der Waals surface area contributed by atoms with Crippen LogP contribution in [0.25, 0.3) is 0 Å². The van der Waals surface area contributed by atoms with Crippen molar-refractivity contribution < 1.29 is 14.2 Å². The number of hydrogen-bond donors (Lipinski definition) is 2. The molecule has 22 heavy (non-hydrogen) atoms. The minimum Gasteiger partial charge on any atom is -0.387 e. The number of nitrogens with one attached hydrogen (secondary N) is 1. The molecule has 7 heteroatoms. The third-order valence-corrected chi connectivity index (χ3v) is 3.75. The summed E-state index contributed by atoms with van der Waals surface area (Å²) in [6.07, 6.45) is -1.10. The molecule has 2 N–H and O–H groups in total. The Labute approximate surface area is 127 Å². The number of aromatic amines is 1. The second kappa shape index (κ2) is 6.51. The smallest absolute Gasteiger partial charge is 0.180 e. The number of aryl methyl sites for hydroxylation is 1. The van der Waals surface area contributed by atoms with Gasteiger partial charge in [0.05, 0.1) is 12.7 Å². The maximum Gasteiger partial charge on any atom is 0.180 e. The van der Waals surface area contributed by atoms with Crippen LogP contribution in [-0.2, 0) is 4.74 Å². The number of H-pyrrole nitrogens is 1. The molecule has 1 aliphatic heterocycles. The lowest BCUT2D eigenvalue weighted by atomic mass is 10.1. The lowest BCUT2D eigenvalue weighted by Crippen LogP contribution is -2.41. The van der Waals surface area contributed by atoms with E-state index < -0.39 is 6.10 Å². The van der Waals surface area contributed by atoms with Gasteiger partial charge in [0.1, 0.15) is 17.7 Å². The summed E-state index contributed by atoms with van der Waals surface area (Å²) in [6, 6.07) is 6.30. The first-order valence-corrected chi connectivity index (χ1v) is 7.29. The molecule has 0 radical (unpaired) electrons. The van der Waals surface area contributed by atoms with Crippen LogP contribution in [0.1, 0.15) is 29.4 Å². The fraction of sp³-hybridized carbons (Fsp3) is 0.467. The molecule has 0 saturated carbocycles. The number of hydrogen-bond acceptors (Lipinski definition) is 5. The van der Waals surface area contributed by atoms with Crippen LogP contribution in [0.4, 0.5) is 4.39 Å². The molecule has 0 amide bonds. The number of ether oxygens (including phenoxy) is 1. The zero-order chi connectivity index (χ0) is 15.5. The van der Waals surface area contributed by atoms with E-state index in [9.17, 15) is 9.50 Å². The van der Waals surface area contributed by atoms with E-state index in [1.165, 1.54) is 6.07 Å². The lowest BCUT2D eigenvalue weighted by Gasteiger charge is -2.32. The Morgan fingerprint density at radius 3 is 3.05 bits per heavy atom. The number of nitrogens with zero attached hydrogens (tertiary/aromatic N) is 3. The summed E-state index contributed by atoms with van der Waals surface area (Å²) in [4.78, 5) is 6.32. The third kappa shape index (κ3) is 3.32. The molecular formula is C15H19FN4O2. The van der Waals surface area contributed by atoms with Gasteiger partial charge in [0.15, 0.2) is 5.82 Å². The first-order valence-electron chi connectivity index (χ1n) is 7.29. The Bertz CT molecular complexity index is 634. The SMILES string of the molecule is Cc1nc(C2CN(CC(O)c3ccccc3F)CCO2)n[nH]1. The summed E-state index contributed by atoms with van der Waals surface area (Å²) >= 11 is 0. The Hall–Kier alpha value is -1.83. The normalized spacial score (nSPS) is 21.0. The van der Waals surface area contributed by atoms with Gasteiger partial charge >= 0.3 is 0 Å². The van der Waals surface area contributed by atoms with E-state index in [1.54, 1.807) is 18.2 Å². The molecule has 0 bridgehead atoms. The second-order valence-corrected chi connectivity index (χ2v) is 5.44. The average molecular weight is 306 g/mol. The zero-order valence-electron chi connectivity index (χ0n) is 12.4. The molecule has 6 nitrogen and oxygen atoms in total. The summed E-state index contributed by atoms with van der Waals surface area (Å²) in [6.45, 7) is 3.97. The van der Waals surface area contributed by atoms with Crippen molar-refractivity contribution in [2.75, 3.05) is 26.2 Å². The van der Waals surface area contributed by atoms with E-state index >= 15 is 0 Å². The molecule has 1 aromatic heterocycles.